The van der Waals surface area contributed by atoms with E-state index >= 15 is 0 Å². The first-order valence-electron chi connectivity index (χ1n) is 5.85. The van der Waals surface area contributed by atoms with Crippen molar-refractivity contribution in [2.24, 2.45) is 0 Å². The Morgan fingerprint density at radius 3 is 2.79 bits per heavy atom. The van der Waals surface area contributed by atoms with Crippen molar-refractivity contribution in [3.05, 3.63) is 40.9 Å². The Morgan fingerprint density at radius 2 is 2.11 bits per heavy atom. The van der Waals surface area contributed by atoms with Crippen molar-refractivity contribution < 1.29 is 4.79 Å². The number of hydrogen-bond acceptors (Lipinski definition) is 4. The van der Waals surface area contributed by atoms with E-state index in [4.69, 9.17) is 5.73 Å². The summed E-state index contributed by atoms with van der Waals surface area (Å²) >= 11 is 1.46. The Morgan fingerprint density at radius 1 is 1.37 bits per heavy atom. The average molecular weight is 296 g/mol. The number of benzene rings is 1. The van der Waals surface area contributed by atoms with Crippen molar-refractivity contribution in [3.63, 3.8) is 0 Å². The second-order valence-electron chi connectivity index (χ2n) is 4.39. The van der Waals surface area contributed by atoms with Gasteiger partial charge in [0.1, 0.15) is 0 Å². The summed E-state index contributed by atoms with van der Waals surface area (Å²) < 4.78 is 0. The molecule has 1 saturated carbocycles. The monoisotopic (exact) mass is 295 g/mol. The van der Waals surface area contributed by atoms with Crippen molar-refractivity contribution in [1.82, 2.24) is 4.98 Å². The summed E-state index contributed by atoms with van der Waals surface area (Å²) in [5, 5.41) is 5.45. The summed E-state index contributed by atoms with van der Waals surface area (Å²) in [6.45, 7) is 0. The normalized spacial score (nSPS) is 13.7. The molecule has 1 aromatic heterocycles. The van der Waals surface area contributed by atoms with Gasteiger partial charge in [0.25, 0.3) is 5.91 Å². The van der Waals surface area contributed by atoms with Gasteiger partial charge in [-0.1, -0.05) is 12.1 Å². The molecule has 19 heavy (non-hydrogen) atoms. The third kappa shape index (κ3) is 3.05. The van der Waals surface area contributed by atoms with E-state index in [1.54, 1.807) is 24.3 Å². The van der Waals surface area contributed by atoms with Gasteiger partial charge in [-0.05, 0) is 25.0 Å². The second-order valence-corrected chi connectivity index (χ2v) is 5.25. The standard InChI is InChI=1S/C13H13N3OS.ClH/c14-10-4-2-1-3-9(10)12(17)16-13-15-11(7-18-13)8-5-6-8;/h1-4,7-8H,5-6,14H2,(H,15,16,17);1H. The van der Waals surface area contributed by atoms with Crippen LogP contribution in [0.5, 0.6) is 0 Å². The van der Waals surface area contributed by atoms with Crippen LogP contribution in [0.1, 0.15) is 34.8 Å². The van der Waals surface area contributed by atoms with Gasteiger partial charge < -0.3 is 5.73 Å². The van der Waals surface area contributed by atoms with E-state index in [9.17, 15) is 4.79 Å². The lowest BCUT2D eigenvalue weighted by molar-refractivity contribution is 0.102. The SMILES string of the molecule is Cl.Nc1ccccc1C(=O)Nc1nc(C2CC2)cs1. The Hall–Kier alpha value is -1.59. The molecule has 1 aliphatic carbocycles. The number of aromatic nitrogens is 1. The lowest BCUT2D eigenvalue weighted by atomic mass is 10.2. The molecular formula is C13H14ClN3OS. The van der Waals surface area contributed by atoms with Crippen molar-refractivity contribution >= 4 is 40.5 Å². The quantitative estimate of drug-likeness (QED) is 0.854. The van der Waals surface area contributed by atoms with Crippen LogP contribution in [0, 0.1) is 0 Å². The second kappa shape index (κ2) is 5.59. The minimum Gasteiger partial charge on any atom is -0.398 e. The third-order valence-electron chi connectivity index (χ3n) is 2.94. The molecular weight excluding hydrogens is 282 g/mol. The fraction of sp³-hybridized carbons (Fsp3) is 0.231. The summed E-state index contributed by atoms with van der Waals surface area (Å²) in [5.41, 5.74) is 7.82. The summed E-state index contributed by atoms with van der Waals surface area (Å²) in [6, 6.07) is 7.02. The highest BCUT2D eigenvalue weighted by molar-refractivity contribution is 7.14. The van der Waals surface area contributed by atoms with Crippen LogP contribution >= 0.6 is 23.7 Å². The van der Waals surface area contributed by atoms with Gasteiger partial charge >= 0.3 is 0 Å². The molecule has 3 N–H and O–H groups in total. The number of carbonyl (C=O) groups is 1. The first-order chi connectivity index (χ1) is 8.74. The largest absolute Gasteiger partial charge is 0.398 e. The van der Waals surface area contributed by atoms with E-state index in [-0.39, 0.29) is 18.3 Å². The van der Waals surface area contributed by atoms with Crippen LogP contribution < -0.4 is 11.1 Å². The van der Waals surface area contributed by atoms with Gasteiger partial charge in [0.05, 0.1) is 11.3 Å². The molecule has 0 aliphatic heterocycles. The number of thiazole rings is 1. The van der Waals surface area contributed by atoms with Crippen molar-refractivity contribution in [3.8, 4) is 0 Å². The molecule has 6 heteroatoms. The fourth-order valence-corrected chi connectivity index (χ4v) is 2.57. The lowest BCUT2D eigenvalue weighted by Gasteiger charge is -2.04. The van der Waals surface area contributed by atoms with Crippen LogP contribution in [-0.4, -0.2) is 10.9 Å². The van der Waals surface area contributed by atoms with E-state index < -0.39 is 0 Å². The molecule has 0 unspecified atom stereocenters. The van der Waals surface area contributed by atoms with E-state index in [1.807, 2.05) is 5.38 Å². The summed E-state index contributed by atoms with van der Waals surface area (Å²) in [7, 11) is 0. The number of nitrogens with one attached hydrogen (secondary N) is 1. The minimum atomic E-state index is -0.204. The van der Waals surface area contributed by atoms with Gasteiger partial charge in [0.15, 0.2) is 5.13 Å². The zero-order valence-corrected chi connectivity index (χ0v) is 11.8. The number of amides is 1. The highest BCUT2D eigenvalue weighted by atomic mass is 35.5. The van der Waals surface area contributed by atoms with Crippen LogP contribution in [0.2, 0.25) is 0 Å². The number of nitrogens with two attached hydrogens (primary N) is 1. The number of hydrogen-bond donors (Lipinski definition) is 2. The van der Waals surface area contributed by atoms with Crippen LogP contribution in [0.15, 0.2) is 29.6 Å². The first kappa shape index (κ1) is 13.8. The van der Waals surface area contributed by atoms with Crippen LogP contribution in [0.3, 0.4) is 0 Å². The summed E-state index contributed by atoms with van der Waals surface area (Å²) in [5.74, 6) is 0.401. The Bertz CT molecular complexity index is 595. The number of nitrogens with zero attached hydrogens (tertiary/aromatic N) is 1. The number of para-hydroxylation sites is 1. The van der Waals surface area contributed by atoms with Crippen LogP contribution in [0.25, 0.3) is 0 Å². The first-order valence-corrected chi connectivity index (χ1v) is 6.73. The molecule has 0 spiro atoms. The number of nitrogen functional groups attached to an aromatic ring is 1. The van der Waals surface area contributed by atoms with Gasteiger partial charge in [-0.2, -0.15) is 0 Å². The van der Waals surface area contributed by atoms with E-state index in [1.165, 1.54) is 24.2 Å². The average Bonchev–Trinajstić information content (AvgIpc) is 3.11. The Balaban J connectivity index is 0.00000133. The number of anilines is 2. The zero-order valence-electron chi connectivity index (χ0n) is 10.1. The highest BCUT2D eigenvalue weighted by Gasteiger charge is 2.26. The number of rotatable bonds is 3. The molecule has 2 aromatic rings. The maximum atomic E-state index is 12.0. The van der Waals surface area contributed by atoms with E-state index in [0.29, 0.717) is 22.3 Å². The van der Waals surface area contributed by atoms with Crippen LogP contribution in [-0.2, 0) is 0 Å². The third-order valence-corrected chi connectivity index (χ3v) is 3.72. The van der Waals surface area contributed by atoms with Crippen molar-refractivity contribution in [2.75, 3.05) is 11.1 Å². The molecule has 1 aliphatic rings. The molecule has 1 amide bonds. The molecule has 0 saturated heterocycles. The topological polar surface area (TPSA) is 68.0 Å². The Labute approximate surface area is 121 Å². The molecule has 0 radical (unpaired) electrons. The van der Waals surface area contributed by atoms with Crippen molar-refractivity contribution in [2.45, 2.75) is 18.8 Å². The smallest absolute Gasteiger partial charge is 0.259 e. The predicted octanol–water partition coefficient (Wildman–Crippen LogP) is 3.28. The summed E-state index contributed by atoms with van der Waals surface area (Å²) in [6.07, 6.45) is 2.42. The van der Waals surface area contributed by atoms with Crippen molar-refractivity contribution in [1.29, 1.82) is 0 Å². The van der Waals surface area contributed by atoms with E-state index in [2.05, 4.69) is 10.3 Å². The van der Waals surface area contributed by atoms with Gasteiger partial charge in [0.2, 0.25) is 0 Å². The van der Waals surface area contributed by atoms with E-state index in [0.717, 1.165) is 5.69 Å². The maximum absolute atomic E-state index is 12.0. The number of carbonyl (C=O) groups excluding carboxylic acids is 1. The predicted molar refractivity (Wildman–Crippen MR) is 80.1 cm³/mol. The lowest BCUT2D eigenvalue weighted by Crippen LogP contribution is -2.13. The number of halogens is 1. The highest BCUT2D eigenvalue weighted by Crippen LogP contribution is 2.40. The molecule has 1 fully saturated rings. The molecule has 100 valence electrons. The Kier molecular flexibility index (Phi) is 4.07. The van der Waals surface area contributed by atoms with Gasteiger partial charge in [-0.15, -0.1) is 23.7 Å². The zero-order chi connectivity index (χ0) is 12.5. The minimum absolute atomic E-state index is 0. The van der Waals surface area contributed by atoms with Gasteiger partial charge in [-0.3, -0.25) is 10.1 Å². The molecule has 1 heterocycles. The molecule has 0 atom stereocenters. The van der Waals surface area contributed by atoms with Gasteiger partial charge in [0, 0.05) is 17.0 Å². The maximum Gasteiger partial charge on any atom is 0.259 e. The fourth-order valence-electron chi connectivity index (χ4n) is 1.78. The molecule has 1 aromatic carbocycles. The summed E-state index contributed by atoms with van der Waals surface area (Å²) in [4.78, 5) is 16.4. The molecule has 4 nitrogen and oxygen atoms in total. The molecule has 3 rings (SSSR count). The van der Waals surface area contributed by atoms with Gasteiger partial charge in [-0.25, -0.2) is 4.98 Å². The van der Waals surface area contributed by atoms with Crippen LogP contribution in [0.4, 0.5) is 10.8 Å². The molecule has 0 bridgehead atoms.